The third kappa shape index (κ3) is 3.43. The van der Waals surface area contributed by atoms with Gasteiger partial charge in [-0.25, -0.2) is 0 Å². The highest BCUT2D eigenvalue weighted by molar-refractivity contribution is 9.10. The lowest BCUT2D eigenvalue weighted by Crippen LogP contribution is -2.03. The van der Waals surface area contributed by atoms with Gasteiger partial charge in [0.25, 0.3) is 0 Å². The van der Waals surface area contributed by atoms with Crippen molar-refractivity contribution >= 4 is 49.2 Å². The Morgan fingerprint density at radius 1 is 1.20 bits per heavy atom. The van der Waals surface area contributed by atoms with Crippen LogP contribution in [0.4, 0.5) is 0 Å². The molecule has 5 heteroatoms. The van der Waals surface area contributed by atoms with E-state index in [4.69, 9.17) is 16.3 Å². The normalized spacial score (nSPS) is 10.4. The third-order valence-corrected chi connectivity index (χ3v) is 4.11. The van der Waals surface area contributed by atoms with Gasteiger partial charge in [0.15, 0.2) is 5.78 Å². The summed E-state index contributed by atoms with van der Waals surface area (Å²) < 4.78 is 6.99. The smallest absolute Gasteiger partial charge is 0.194 e. The minimum Gasteiger partial charge on any atom is -0.493 e. The molecule has 0 saturated heterocycles. The zero-order chi connectivity index (χ0) is 14.7. The number of carbonyl (C=O) groups is 1. The van der Waals surface area contributed by atoms with E-state index in [0.29, 0.717) is 28.5 Å². The fraction of sp³-hybridized carbons (Fsp3) is 0.133. The highest BCUT2D eigenvalue weighted by Crippen LogP contribution is 2.29. The summed E-state index contributed by atoms with van der Waals surface area (Å²) in [5.41, 5.74) is 1.03. The molecule has 0 aliphatic carbocycles. The average Bonchev–Trinajstić information content (AvgIpc) is 2.43. The zero-order valence-electron chi connectivity index (χ0n) is 10.6. The monoisotopic (exact) mass is 416 g/mol. The molecule has 0 saturated carbocycles. The summed E-state index contributed by atoms with van der Waals surface area (Å²) in [7, 11) is 0. The summed E-state index contributed by atoms with van der Waals surface area (Å²) in [5, 5.41) is 0.434. The highest BCUT2D eigenvalue weighted by Gasteiger charge is 2.15. The second kappa shape index (κ2) is 6.74. The van der Waals surface area contributed by atoms with Crippen LogP contribution in [0.25, 0.3) is 0 Å². The maximum atomic E-state index is 12.5. The van der Waals surface area contributed by atoms with Crippen molar-refractivity contribution in [2.45, 2.75) is 6.92 Å². The summed E-state index contributed by atoms with van der Waals surface area (Å²) in [5.74, 6) is 0.587. The second-order valence-corrected chi connectivity index (χ2v) is 6.21. The van der Waals surface area contributed by atoms with Crippen LogP contribution in [-0.2, 0) is 0 Å². The number of ketones is 1. The Morgan fingerprint density at radius 3 is 2.60 bits per heavy atom. The summed E-state index contributed by atoms with van der Waals surface area (Å²) >= 11 is 12.8. The maximum absolute atomic E-state index is 12.5. The van der Waals surface area contributed by atoms with E-state index in [0.717, 1.165) is 8.95 Å². The van der Waals surface area contributed by atoms with Crippen LogP contribution in [0.2, 0.25) is 5.02 Å². The molecule has 2 aromatic rings. The van der Waals surface area contributed by atoms with E-state index >= 15 is 0 Å². The standard InChI is InChI=1S/C15H11Br2ClO2/c1-2-20-14-6-3-9(7-12(14)17)15(19)11-8-10(16)4-5-13(11)18/h3-8H,2H2,1H3. The van der Waals surface area contributed by atoms with Crippen LogP contribution in [0.5, 0.6) is 5.75 Å². The van der Waals surface area contributed by atoms with E-state index in [1.54, 1.807) is 36.4 Å². The molecule has 0 bridgehead atoms. The molecule has 0 aliphatic rings. The summed E-state index contributed by atoms with van der Waals surface area (Å²) in [6.07, 6.45) is 0. The van der Waals surface area contributed by atoms with Crippen molar-refractivity contribution < 1.29 is 9.53 Å². The van der Waals surface area contributed by atoms with Crippen molar-refractivity contribution in [2.75, 3.05) is 6.61 Å². The minimum absolute atomic E-state index is 0.125. The van der Waals surface area contributed by atoms with Gasteiger partial charge >= 0.3 is 0 Å². The first-order chi connectivity index (χ1) is 9.52. The van der Waals surface area contributed by atoms with Gasteiger partial charge in [-0.2, -0.15) is 0 Å². The molecule has 20 heavy (non-hydrogen) atoms. The number of rotatable bonds is 4. The van der Waals surface area contributed by atoms with Crippen molar-refractivity contribution in [1.29, 1.82) is 0 Å². The summed E-state index contributed by atoms with van der Waals surface area (Å²) in [6.45, 7) is 2.48. The molecule has 0 atom stereocenters. The van der Waals surface area contributed by atoms with Crippen LogP contribution in [-0.4, -0.2) is 12.4 Å². The molecular weight excluding hydrogens is 407 g/mol. The van der Waals surface area contributed by atoms with Gasteiger partial charge in [0.1, 0.15) is 5.75 Å². The fourth-order valence-electron chi connectivity index (χ4n) is 1.74. The van der Waals surface area contributed by atoms with E-state index < -0.39 is 0 Å². The number of hydrogen-bond donors (Lipinski definition) is 0. The molecule has 0 N–H and O–H groups in total. The molecule has 0 amide bonds. The minimum atomic E-state index is -0.125. The topological polar surface area (TPSA) is 26.3 Å². The molecule has 0 spiro atoms. The van der Waals surface area contributed by atoms with E-state index in [-0.39, 0.29) is 5.78 Å². The Balaban J connectivity index is 2.38. The number of benzene rings is 2. The van der Waals surface area contributed by atoms with Gasteiger partial charge in [-0.3, -0.25) is 4.79 Å². The first kappa shape index (κ1) is 15.5. The Hall–Kier alpha value is -0.840. The SMILES string of the molecule is CCOc1ccc(C(=O)c2cc(Br)ccc2Cl)cc1Br. The first-order valence-electron chi connectivity index (χ1n) is 5.95. The predicted molar refractivity (Wildman–Crippen MR) is 87.9 cm³/mol. The Morgan fingerprint density at radius 2 is 1.95 bits per heavy atom. The molecule has 0 unspecified atom stereocenters. The number of halogens is 3. The van der Waals surface area contributed by atoms with Crippen molar-refractivity contribution in [3.8, 4) is 5.75 Å². The van der Waals surface area contributed by atoms with E-state index in [9.17, 15) is 4.79 Å². The van der Waals surface area contributed by atoms with Crippen molar-refractivity contribution in [3.63, 3.8) is 0 Å². The van der Waals surface area contributed by atoms with Gasteiger partial charge in [-0.05, 0) is 59.3 Å². The van der Waals surface area contributed by atoms with E-state index in [2.05, 4.69) is 31.9 Å². The molecule has 2 nitrogen and oxygen atoms in total. The lowest BCUT2D eigenvalue weighted by molar-refractivity contribution is 0.103. The average molecular weight is 419 g/mol. The lowest BCUT2D eigenvalue weighted by Gasteiger charge is -2.08. The molecule has 0 heterocycles. The van der Waals surface area contributed by atoms with E-state index in [1.165, 1.54) is 0 Å². The molecule has 104 valence electrons. The van der Waals surface area contributed by atoms with Crippen LogP contribution >= 0.6 is 43.5 Å². The van der Waals surface area contributed by atoms with Crippen molar-refractivity contribution in [3.05, 3.63) is 61.5 Å². The van der Waals surface area contributed by atoms with Crippen LogP contribution in [0.3, 0.4) is 0 Å². The molecular formula is C15H11Br2ClO2. The van der Waals surface area contributed by atoms with Crippen molar-refractivity contribution in [2.24, 2.45) is 0 Å². The molecule has 2 rings (SSSR count). The van der Waals surface area contributed by atoms with Gasteiger partial charge < -0.3 is 4.74 Å². The molecule has 0 aromatic heterocycles. The van der Waals surface area contributed by atoms with Crippen LogP contribution in [0.15, 0.2) is 45.3 Å². The maximum Gasteiger partial charge on any atom is 0.194 e. The Labute approximate surface area is 139 Å². The van der Waals surface area contributed by atoms with Gasteiger partial charge in [-0.1, -0.05) is 27.5 Å². The fourth-order valence-corrected chi connectivity index (χ4v) is 2.80. The van der Waals surface area contributed by atoms with Gasteiger partial charge in [-0.15, -0.1) is 0 Å². The van der Waals surface area contributed by atoms with Crippen LogP contribution in [0.1, 0.15) is 22.8 Å². The van der Waals surface area contributed by atoms with Crippen LogP contribution in [0, 0.1) is 0 Å². The molecule has 2 aromatic carbocycles. The highest BCUT2D eigenvalue weighted by atomic mass is 79.9. The number of ether oxygens (including phenoxy) is 1. The van der Waals surface area contributed by atoms with Gasteiger partial charge in [0.2, 0.25) is 0 Å². The summed E-state index contributed by atoms with van der Waals surface area (Å²) in [6, 6.07) is 10.5. The Kier molecular flexibility index (Phi) is 5.24. The quantitative estimate of drug-likeness (QED) is 0.614. The van der Waals surface area contributed by atoms with E-state index in [1.807, 2.05) is 6.92 Å². The lowest BCUT2D eigenvalue weighted by atomic mass is 10.0. The Bertz CT molecular complexity index is 656. The number of carbonyl (C=O) groups excluding carboxylic acids is 1. The number of hydrogen-bond acceptors (Lipinski definition) is 2. The molecule has 0 fully saturated rings. The molecule has 0 aliphatic heterocycles. The largest absolute Gasteiger partial charge is 0.493 e. The van der Waals surface area contributed by atoms with Crippen LogP contribution < -0.4 is 4.74 Å². The van der Waals surface area contributed by atoms with Gasteiger partial charge in [0.05, 0.1) is 16.1 Å². The van der Waals surface area contributed by atoms with Crippen molar-refractivity contribution in [1.82, 2.24) is 0 Å². The third-order valence-electron chi connectivity index (χ3n) is 2.67. The predicted octanol–water partition coefficient (Wildman–Crippen LogP) is 5.49. The summed E-state index contributed by atoms with van der Waals surface area (Å²) in [4.78, 5) is 12.5. The van der Waals surface area contributed by atoms with Gasteiger partial charge in [0, 0.05) is 15.6 Å². The molecule has 0 radical (unpaired) electrons. The first-order valence-corrected chi connectivity index (χ1v) is 7.91. The zero-order valence-corrected chi connectivity index (χ0v) is 14.5. The second-order valence-electron chi connectivity index (χ2n) is 4.03.